The van der Waals surface area contributed by atoms with E-state index in [1.165, 1.54) is 0 Å². The lowest BCUT2D eigenvalue weighted by Crippen LogP contribution is -2.63. The molecule has 0 spiro atoms. The number of carbonyl (C=O) groups excluding carboxylic acids is 2. The molecular weight excluding hydrogens is 512 g/mol. The Morgan fingerprint density at radius 3 is 2.20 bits per heavy atom. The number of carboxylic acid groups (broad SMARTS) is 1. The molecule has 0 radical (unpaired) electrons. The summed E-state index contributed by atoms with van der Waals surface area (Å²) >= 11 is 0. The van der Waals surface area contributed by atoms with Crippen LogP contribution in [-0.2, 0) is 30.4 Å². The first-order chi connectivity index (χ1) is 19.4. The minimum absolute atomic E-state index is 0.0839. The maximum Gasteiger partial charge on any atom is 0.408 e. The van der Waals surface area contributed by atoms with Gasteiger partial charge in [-0.25, -0.2) is 9.59 Å². The molecule has 1 unspecified atom stereocenters. The molecule has 2 amide bonds. The molecule has 3 atom stereocenters. The smallest absolute Gasteiger partial charge is 0.408 e. The van der Waals surface area contributed by atoms with Gasteiger partial charge in [0.05, 0.1) is 19.3 Å². The van der Waals surface area contributed by atoms with E-state index in [1.807, 2.05) is 78.9 Å². The second-order valence-corrected chi connectivity index (χ2v) is 10.1. The van der Waals surface area contributed by atoms with Gasteiger partial charge in [0.1, 0.15) is 12.1 Å². The van der Waals surface area contributed by atoms with Crippen LogP contribution in [0.2, 0.25) is 0 Å². The minimum Gasteiger partial charge on any atom is -0.480 e. The average molecular weight is 545 g/mol. The largest absolute Gasteiger partial charge is 0.480 e. The van der Waals surface area contributed by atoms with Crippen molar-refractivity contribution in [3.05, 3.63) is 95.6 Å². The van der Waals surface area contributed by atoms with Gasteiger partial charge in [0.2, 0.25) is 5.91 Å². The molecule has 1 saturated heterocycles. The maximum atomic E-state index is 13.4. The molecular formula is C31H32N2O7. The highest BCUT2D eigenvalue weighted by atomic mass is 16.6. The maximum absolute atomic E-state index is 13.4. The third kappa shape index (κ3) is 5.71. The fraction of sp³-hybridized carbons (Fsp3) is 0.323. The molecule has 2 aliphatic rings. The highest BCUT2D eigenvalue weighted by Gasteiger charge is 2.46. The Balaban J connectivity index is 1.23. The van der Waals surface area contributed by atoms with Crippen molar-refractivity contribution in [2.45, 2.75) is 43.6 Å². The molecule has 3 N–H and O–H groups in total. The van der Waals surface area contributed by atoms with E-state index in [2.05, 4.69) is 10.6 Å². The van der Waals surface area contributed by atoms with Gasteiger partial charge in [0, 0.05) is 18.9 Å². The first-order valence-corrected chi connectivity index (χ1v) is 13.3. The van der Waals surface area contributed by atoms with Crippen LogP contribution in [0.3, 0.4) is 0 Å². The second kappa shape index (κ2) is 11.9. The molecule has 3 aromatic carbocycles. The number of aliphatic carboxylic acids is 1. The van der Waals surface area contributed by atoms with E-state index in [0.717, 1.165) is 27.8 Å². The number of hydrogen-bond acceptors (Lipinski definition) is 6. The van der Waals surface area contributed by atoms with Gasteiger partial charge >= 0.3 is 12.1 Å². The standard InChI is InChI=1S/C31H32N2O7/c1-20(39-17-21-9-3-2-4-10-21)27(28(34)35)32-29(36)31(15-16-38-19-31)33-30(37)40-18-26-24-13-7-5-11-22(24)23-12-6-8-14-25(23)26/h2-14,20,26-27H,15-19H2,1H3,(H,32,36)(H,33,37)(H,34,35)/t20-,27+,31?/m0/s1. The Bertz CT molecular complexity index is 1330. The van der Waals surface area contributed by atoms with E-state index >= 15 is 0 Å². The quantitative estimate of drug-likeness (QED) is 0.354. The number of fused-ring (bicyclic) bond motifs is 3. The summed E-state index contributed by atoms with van der Waals surface area (Å²) in [4.78, 5) is 38.4. The summed E-state index contributed by atoms with van der Waals surface area (Å²) in [5.41, 5.74) is 3.77. The molecule has 9 nitrogen and oxygen atoms in total. The van der Waals surface area contributed by atoms with Crippen molar-refractivity contribution < 1.29 is 33.7 Å². The zero-order valence-corrected chi connectivity index (χ0v) is 22.2. The van der Waals surface area contributed by atoms with Gasteiger partial charge in [-0.3, -0.25) is 4.79 Å². The highest BCUT2D eigenvalue weighted by molar-refractivity contribution is 5.93. The Morgan fingerprint density at radius 1 is 0.975 bits per heavy atom. The molecule has 1 fully saturated rings. The zero-order chi connectivity index (χ0) is 28.1. The number of carbonyl (C=O) groups is 3. The van der Waals surface area contributed by atoms with Gasteiger partial charge in [-0.05, 0) is 34.7 Å². The predicted molar refractivity (Wildman–Crippen MR) is 147 cm³/mol. The lowest BCUT2D eigenvalue weighted by molar-refractivity contribution is -0.147. The van der Waals surface area contributed by atoms with E-state index in [-0.39, 0.29) is 38.8 Å². The van der Waals surface area contributed by atoms with Crippen molar-refractivity contribution in [1.29, 1.82) is 0 Å². The van der Waals surface area contributed by atoms with Crippen molar-refractivity contribution in [1.82, 2.24) is 10.6 Å². The zero-order valence-electron chi connectivity index (χ0n) is 22.2. The molecule has 0 bridgehead atoms. The van der Waals surface area contributed by atoms with E-state index in [0.29, 0.717) is 0 Å². The van der Waals surface area contributed by atoms with Crippen molar-refractivity contribution in [3.8, 4) is 11.1 Å². The fourth-order valence-electron chi connectivity index (χ4n) is 5.29. The number of alkyl carbamates (subject to hydrolysis) is 1. The number of carboxylic acids is 1. The lowest BCUT2D eigenvalue weighted by atomic mass is 9.96. The van der Waals surface area contributed by atoms with Crippen molar-refractivity contribution in [2.75, 3.05) is 19.8 Å². The number of nitrogens with one attached hydrogen (secondary N) is 2. The predicted octanol–water partition coefficient (Wildman–Crippen LogP) is 3.86. The molecule has 5 rings (SSSR count). The number of amides is 2. The van der Waals surface area contributed by atoms with Gasteiger partial charge in [0.25, 0.3) is 0 Å². The highest BCUT2D eigenvalue weighted by Crippen LogP contribution is 2.44. The Labute approximate surface area is 232 Å². The summed E-state index contributed by atoms with van der Waals surface area (Å²) in [6, 6.07) is 24.0. The normalized spacial score (nSPS) is 19.2. The molecule has 0 saturated carbocycles. The number of ether oxygens (including phenoxy) is 3. The Kier molecular flexibility index (Phi) is 8.14. The van der Waals surface area contributed by atoms with E-state index in [4.69, 9.17) is 14.2 Å². The van der Waals surface area contributed by atoms with E-state index < -0.39 is 35.7 Å². The SMILES string of the molecule is C[C@H](OCc1ccccc1)[C@@H](NC(=O)C1(NC(=O)OCC2c3ccccc3-c3ccccc32)CCOC1)C(=O)O. The molecule has 9 heteroatoms. The third-order valence-electron chi connectivity index (χ3n) is 7.52. The van der Waals surface area contributed by atoms with Crippen LogP contribution in [0.1, 0.15) is 36.0 Å². The van der Waals surface area contributed by atoms with Gasteiger partial charge < -0.3 is 30.0 Å². The van der Waals surface area contributed by atoms with Crippen LogP contribution in [0.5, 0.6) is 0 Å². The Hall–Kier alpha value is -4.21. The van der Waals surface area contributed by atoms with Crippen molar-refractivity contribution in [2.24, 2.45) is 0 Å². The van der Waals surface area contributed by atoms with Crippen LogP contribution < -0.4 is 10.6 Å². The van der Waals surface area contributed by atoms with Crippen LogP contribution >= 0.6 is 0 Å². The molecule has 3 aromatic rings. The van der Waals surface area contributed by atoms with E-state index in [1.54, 1.807) is 6.92 Å². The van der Waals surface area contributed by atoms with Crippen LogP contribution in [0, 0.1) is 0 Å². The average Bonchev–Trinajstić information content (AvgIpc) is 3.57. The van der Waals surface area contributed by atoms with Gasteiger partial charge in [-0.1, -0.05) is 78.9 Å². The Morgan fingerprint density at radius 2 is 1.60 bits per heavy atom. The number of rotatable bonds is 10. The van der Waals surface area contributed by atoms with Crippen molar-refractivity contribution in [3.63, 3.8) is 0 Å². The summed E-state index contributed by atoms with van der Waals surface area (Å²) in [7, 11) is 0. The summed E-state index contributed by atoms with van der Waals surface area (Å²) in [5, 5.41) is 15.0. The lowest BCUT2D eigenvalue weighted by Gasteiger charge is -2.30. The van der Waals surface area contributed by atoms with E-state index in [9.17, 15) is 19.5 Å². The van der Waals surface area contributed by atoms with Crippen LogP contribution in [0.4, 0.5) is 4.79 Å². The molecule has 1 aliphatic carbocycles. The second-order valence-electron chi connectivity index (χ2n) is 10.1. The molecule has 40 heavy (non-hydrogen) atoms. The van der Waals surface area contributed by atoms with Gasteiger partial charge in [-0.2, -0.15) is 0 Å². The summed E-state index contributed by atoms with van der Waals surface area (Å²) < 4.78 is 16.8. The third-order valence-corrected chi connectivity index (χ3v) is 7.52. The molecule has 1 heterocycles. The topological polar surface area (TPSA) is 123 Å². The minimum atomic E-state index is -1.46. The van der Waals surface area contributed by atoms with Crippen LogP contribution in [0.25, 0.3) is 11.1 Å². The van der Waals surface area contributed by atoms with Crippen LogP contribution in [-0.4, -0.2) is 60.6 Å². The first-order valence-electron chi connectivity index (χ1n) is 13.3. The molecule has 208 valence electrons. The molecule has 0 aromatic heterocycles. The first kappa shape index (κ1) is 27.4. The fourth-order valence-corrected chi connectivity index (χ4v) is 5.29. The number of benzene rings is 3. The summed E-state index contributed by atoms with van der Waals surface area (Å²) in [6.45, 7) is 1.98. The molecule has 1 aliphatic heterocycles. The number of hydrogen-bond donors (Lipinski definition) is 3. The monoisotopic (exact) mass is 544 g/mol. The van der Waals surface area contributed by atoms with Crippen molar-refractivity contribution >= 4 is 18.0 Å². The summed E-state index contributed by atoms with van der Waals surface area (Å²) in [6.07, 6.45) is -1.44. The summed E-state index contributed by atoms with van der Waals surface area (Å²) in [5.74, 6) is -2.05. The van der Waals surface area contributed by atoms with Gasteiger partial charge in [-0.15, -0.1) is 0 Å². The van der Waals surface area contributed by atoms with Gasteiger partial charge in [0.15, 0.2) is 6.04 Å². The van der Waals surface area contributed by atoms with Crippen LogP contribution in [0.15, 0.2) is 78.9 Å².